The highest BCUT2D eigenvalue weighted by molar-refractivity contribution is 7.91. The third-order valence-corrected chi connectivity index (χ3v) is 6.28. The Balaban J connectivity index is 1.60. The van der Waals surface area contributed by atoms with E-state index in [2.05, 4.69) is 10.3 Å². The van der Waals surface area contributed by atoms with Crippen LogP contribution in [0.1, 0.15) is 0 Å². The molecule has 9 heteroatoms. The summed E-state index contributed by atoms with van der Waals surface area (Å²) in [5.74, 6) is 0.625. The van der Waals surface area contributed by atoms with Crippen LogP contribution in [0.3, 0.4) is 0 Å². The van der Waals surface area contributed by atoms with Crippen LogP contribution in [0.15, 0.2) is 67.5 Å². The minimum absolute atomic E-state index is 0.126. The van der Waals surface area contributed by atoms with E-state index < -0.39 is 9.84 Å². The SMILES string of the molecule is O=S(=O)(c1ccccc1)c1nc(-c2ccco2)oc1NCC[NH+]1CCOCC1. The smallest absolute Gasteiger partial charge is 0.266 e. The van der Waals surface area contributed by atoms with E-state index in [1.54, 1.807) is 30.3 Å². The Morgan fingerprint density at radius 3 is 2.57 bits per heavy atom. The molecule has 0 radical (unpaired) electrons. The molecule has 28 heavy (non-hydrogen) atoms. The van der Waals surface area contributed by atoms with Gasteiger partial charge in [-0.25, -0.2) is 8.42 Å². The summed E-state index contributed by atoms with van der Waals surface area (Å²) in [6.07, 6.45) is 1.49. The molecule has 1 aliphatic heterocycles. The molecular weight excluding hydrogens is 382 g/mol. The summed E-state index contributed by atoms with van der Waals surface area (Å²) in [7, 11) is -3.83. The lowest BCUT2D eigenvalue weighted by Gasteiger charge is -2.23. The second-order valence-corrected chi connectivity index (χ2v) is 8.35. The molecule has 4 rings (SSSR count). The van der Waals surface area contributed by atoms with E-state index in [-0.39, 0.29) is 21.7 Å². The van der Waals surface area contributed by atoms with E-state index in [9.17, 15) is 8.42 Å². The molecule has 2 N–H and O–H groups in total. The summed E-state index contributed by atoms with van der Waals surface area (Å²) >= 11 is 0. The van der Waals surface area contributed by atoms with Crippen LogP contribution in [0.2, 0.25) is 0 Å². The Hall–Kier alpha value is -2.62. The molecule has 8 nitrogen and oxygen atoms in total. The zero-order valence-corrected chi connectivity index (χ0v) is 16.1. The van der Waals surface area contributed by atoms with Gasteiger partial charge in [-0.05, 0) is 24.3 Å². The fraction of sp³-hybridized carbons (Fsp3) is 0.316. The van der Waals surface area contributed by atoms with E-state index in [1.165, 1.54) is 23.3 Å². The standard InChI is InChI=1S/C19H21N3O5S/c23-28(24,15-5-2-1-3-6-15)19-18(20-8-9-22-10-13-25-14-11-22)27-17(21-19)16-7-4-12-26-16/h1-7,12,20H,8-11,13-14H2/p+1. The largest absolute Gasteiger partial charge is 0.459 e. The number of anilines is 1. The molecule has 0 atom stereocenters. The van der Waals surface area contributed by atoms with Crippen LogP contribution < -0.4 is 10.2 Å². The van der Waals surface area contributed by atoms with Gasteiger partial charge in [-0.2, -0.15) is 4.98 Å². The Morgan fingerprint density at radius 1 is 1.07 bits per heavy atom. The van der Waals surface area contributed by atoms with Crippen LogP contribution in [-0.2, 0) is 14.6 Å². The highest BCUT2D eigenvalue weighted by Crippen LogP contribution is 2.32. The maximum atomic E-state index is 13.1. The molecule has 1 fully saturated rings. The fourth-order valence-corrected chi connectivity index (χ4v) is 4.38. The van der Waals surface area contributed by atoms with Crippen molar-refractivity contribution in [1.29, 1.82) is 0 Å². The van der Waals surface area contributed by atoms with E-state index >= 15 is 0 Å². The average molecular weight is 404 g/mol. The summed E-state index contributed by atoms with van der Waals surface area (Å²) in [6.45, 7) is 4.74. The van der Waals surface area contributed by atoms with Gasteiger partial charge in [0.2, 0.25) is 20.7 Å². The van der Waals surface area contributed by atoms with Gasteiger partial charge in [-0.1, -0.05) is 18.2 Å². The molecule has 148 valence electrons. The molecular formula is C19H22N3O5S+. The zero-order valence-electron chi connectivity index (χ0n) is 15.3. The predicted molar refractivity (Wildman–Crippen MR) is 101 cm³/mol. The summed E-state index contributed by atoms with van der Waals surface area (Å²) in [6, 6.07) is 11.6. The van der Waals surface area contributed by atoms with Gasteiger partial charge in [0.15, 0.2) is 5.76 Å². The number of sulfone groups is 1. The maximum absolute atomic E-state index is 13.1. The van der Waals surface area contributed by atoms with Crippen molar-refractivity contribution in [2.24, 2.45) is 0 Å². The number of hydrogen-bond acceptors (Lipinski definition) is 7. The van der Waals surface area contributed by atoms with Gasteiger partial charge in [-0.15, -0.1) is 0 Å². The first kappa shape index (κ1) is 18.7. The highest BCUT2D eigenvalue weighted by atomic mass is 32.2. The number of hydrogen-bond donors (Lipinski definition) is 2. The Bertz CT molecular complexity index is 994. The molecule has 1 aromatic carbocycles. The lowest BCUT2D eigenvalue weighted by molar-refractivity contribution is -0.906. The Morgan fingerprint density at radius 2 is 1.86 bits per heavy atom. The maximum Gasteiger partial charge on any atom is 0.266 e. The lowest BCUT2D eigenvalue weighted by Crippen LogP contribution is -3.14. The predicted octanol–water partition coefficient (Wildman–Crippen LogP) is 1.09. The van der Waals surface area contributed by atoms with Crippen LogP contribution in [0.4, 0.5) is 5.88 Å². The number of benzene rings is 1. The fourth-order valence-electron chi connectivity index (χ4n) is 3.08. The molecule has 1 aliphatic rings. The number of aromatic nitrogens is 1. The van der Waals surface area contributed by atoms with Crippen LogP contribution in [0.25, 0.3) is 11.7 Å². The molecule has 0 saturated carbocycles. The van der Waals surface area contributed by atoms with Crippen molar-refractivity contribution < 1.29 is 26.9 Å². The molecule has 1 saturated heterocycles. The third-order valence-electron chi connectivity index (χ3n) is 4.60. The number of oxazole rings is 1. The molecule has 0 aliphatic carbocycles. The normalized spacial score (nSPS) is 15.6. The van der Waals surface area contributed by atoms with Crippen LogP contribution in [0, 0.1) is 0 Å². The van der Waals surface area contributed by atoms with Crippen LogP contribution in [0.5, 0.6) is 0 Å². The molecule has 0 bridgehead atoms. The van der Waals surface area contributed by atoms with Gasteiger partial charge in [0.25, 0.3) is 5.89 Å². The lowest BCUT2D eigenvalue weighted by atomic mass is 10.4. The first-order valence-electron chi connectivity index (χ1n) is 9.14. The van der Waals surface area contributed by atoms with Crippen molar-refractivity contribution in [3.63, 3.8) is 0 Å². The quantitative estimate of drug-likeness (QED) is 0.608. The Kier molecular flexibility index (Phi) is 5.47. The van der Waals surface area contributed by atoms with Crippen molar-refractivity contribution in [2.45, 2.75) is 9.92 Å². The number of furan rings is 1. The van der Waals surface area contributed by atoms with Crippen molar-refractivity contribution in [3.8, 4) is 11.7 Å². The monoisotopic (exact) mass is 404 g/mol. The number of morpholine rings is 1. The van der Waals surface area contributed by atoms with Crippen LogP contribution in [-0.4, -0.2) is 52.8 Å². The van der Waals surface area contributed by atoms with Gasteiger partial charge in [0, 0.05) is 0 Å². The molecule has 0 spiro atoms. The molecule has 3 heterocycles. The van der Waals surface area contributed by atoms with E-state index in [1.807, 2.05) is 0 Å². The van der Waals surface area contributed by atoms with E-state index in [4.69, 9.17) is 13.6 Å². The highest BCUT2D eigenvalue weighted by Gasteiger charge is 2.29. The zero-order chi connectivity index (χ0) is 19.4. The summed E-state index contributed by atoms with van der Waals surface area (Å²) in [4.78, 5) is 5.79. The number of rotatable bonds is 7. The first-order chi connectivity index (χ1) is 13.6. The minimum atomic E-state index is -3.83. The van der Waals surface area contributed by atoms with Gasteiger partial charge in [-0.3, -0.25) is 0 Å². The summed E-state index contributed by atoms with van der Waals surface area (Å²) < 4.78 is 42.6. The minimum Gasteiger partial charge on any atom is -0.459 e. The first-order valence-corrected chi connectivity index (χ1v) is 10.6. The van der Waals surface area contributed by atoms with E-state index in [0.717, 1.165) is 32.8 Å². The second-order valence-electron chi connectivity index (χ2n) is 6.49. The van der Waals surface area contributed by atoms with Crippen molar-refractivity contribution in [1.82, 2.24) is 4.98 Å². The topological polar surface area (TPSA) is 99.0 Å². The number of quaternary nitrogens is 1. The molecule has 0 amide bonds. The number of ether oxygens (including phenoxy) is 1. The third kappa shape index (κ3) is 3.96. The van der Waals surface area contributed by atoms with Gasteiger partial charge in [0.1, 0.15) is 13.1 Å². The molecule has 2 aromatic heterocycles. The number of nitrogens with one attached hydrogen (secondary N) is 2. The molecule has 3 aromatic rings. The van der Waals surface area contributed by atoms with Crippen LogP contribution >= 0.6 is 0 Å². The van der Waals surface area contributed by atoms with Gasteiger partial charge in [0.05, 0.1) is 37.5 Å². The Labute approximate surface area is 163 Å². The summed E-state index contributed by atoms with van der Waals surface area (Å²) in [5, 5.41) is 2.97. The molecule has 0 unspecified atom stereocenters. The van der Waals surface area contributed by atoms with Crippen molar-refractivity contribution >= 4 is 15.7 Å². The van der Waals surface area contributed by atoms with Crippen molar-refractivity contribution in [2.75, 3.05) is 44.7 Å². The summed E-state index contributed by atoms with van der Waals surface area (Å²) in [5.41, 5.74) is 0. The van der Waals surface area contributed by atoms with E-state index in [0.29, 0.717) is 12.3 Å². The number of nitrogens with zero attached hydrogens (tertiary/aromatic N) is 1. The second kappa shape index (κ2) is 8.17. The van der Waals surface area contributed by atoms with Crippen molar-refractivity contribution in [3.05, 3.63) is 48.7 Å². The average Bonchev–Trinajstić information content (AvgIpc) is 3.40. The van der Waals surface area contributed by atoms with Gasteiger partial charge >= 0.3 is 0 Å². The van der Waals surface area contributed by atoms with Gasteiger partial charge < -0.3 is 23.8 Å².